The summed E-state index contributed by atoms with van der Waals surface area (Å²) >= 11 is 0. The number of hydrogen-bond acceptors (Lipinski definition) is 2. The van der Waals surface area contributed by atoms with E-state index in [2.05, 4.69) is 36.4 Å². The Balaban J connectivity index is 1.15. The number of benzene rings is 10. The molecule has 314 valence electrons. The average molecular weight is 868 g/mol. The monoisotopic (exact) mass is 868 g/mol. The number of hydrogen-bond donors (Lipinski definition) is 0. The maximum atomic E-state index is 15.2. The Bertz CT molecular complexity index is 3540. The van der Waals surface area contributed by atoms with E-state index in [1.165, 1.54) is 24.3 Å². The number of aryl methyl sites for hydroxylation is 2. The van der Waals surface area contributed by atoms with Gasteiger partial charge in [0.25, 0.3) is 0 Å². The van der Waals surface area contributed by atoms with E-state index in [1.54, 1.807) is 0 Å². The Morgan fingerprint density at radius 3 is 1.14 bits per heavy atom. The fourth-order valence-electron chi connectivity index (χ4n) is 12.3. The Morgan fingerprint density at radius 2 is 0.742 bits per heavy atom. The third-order valence-corrected chi connectivity index (χ3v) is 14.8. The van der Waals surface area contributed by atoms with Gasteiger partial charge in [-0.3, -0.25) is 0 Å². The number of anilines is 6. The molecule has 10 heteroatoms. The van der Waals surface area contributed by atoms with Crippen LogP contribution in [-0.2, 0) is 12.4 Å². The molecule has 0 spiro atoms. The lowest BCUT2D eigenvalue weighted by atomic mass is 9.31. The first-order chi connectivity index (χ1) is 31.9. The van der Waals surface area contributed by atoms with Crippen molar-refractivity contribution in [3.8, 4) is 22.3 Å². The van der Waals surface area contributed by atoms with Gasteiger partial charge in [-0.25, -0.2) is 0 Å². The first-order valence-corrected chi connectivity index (χ1v) is 22.1. The van der Waals surface area contributed by atoms with Gasteiger partial charge < -0.3 is 9.80 Å². The van der Waals surface area contributed by atoms with Gasteiger partial charge >= 0.3 is 12.4 Å². The van der Waals surface area contributed by atoms with Crippen molar-refractivity contribution in [3.05, 3.63) is 180 Å². The SMILES string of the molecule is Cc1cc2c3c(cc4c(C)cc5c6c(cc1c3c46)B1c3ccccc3N(c3ccccc3)c3cc(C(F)(F)F)cc-5c31)B1c3ccccc3N(c3ccccc3)c3cc(C(F)(F)F)cc-2c31. The lowest BCUT2D eigenvalue weighted by Crippen LogP contribution is -2.60. The minimum atomic E-state index is -4.63. The molecule has 66 heavy (non-hydrogen) atoms. The second-order valence-corrected chi connectivity index (χ2v) is 18.2. The van der Waals surface area contributed by atoms with Gasteiger partial charge in [-0.1, -0.05) is 108 Å². The number of para-hydroxylation sites is 4. The second kappa shape index (κ2) is 12.7. The molecule has 4 heterocycles. The van der Waals surface area contributed by atoms with Crippen LogP contribution in [0.2, 0.25) is 0 Å². The van der Waals surface area contributed by atoms with Gasteiger partial charge in [-0.15, -0.1) is 0 Å². The zero-order chi connectivity index (χ0) is 44.7. The van der Waals surface area contributed by atoms with Gasteiger partial charge in [0, 0.05) is 34.1 Å². The summed E-state index contributed by atoms with van der Waals surface area (Å²) in [4.78, 5) is 3.93. The molecule has 4 aliphatic heterocycles. The molecule has 14 rings (SSSR count). The van der Waals surface area contributed by atoms with E-state index >= 15 is 26.3 Å². The van der Waals surface area contributed by atoms with Crippen LogP contribution in [0.15, 0.2) is 158 Å². The van der Waals surface area contributed by atoms with Crippen molar-refractivity contribution in [1.29, 1.82) is 0 Å². The summed E-state index contributed by atoms with van der Waals surface area (Å²) in [6.45, 7) is 3.25. The van der Waals surface area contributed by atoms with Gasteiger partial charge in [0.1, 0.15) is 0 Å². The lowest BCUT2D eigenvalue weighted by molar-refractivity contribution is -0.138. The quantitative estimate of drug-likeness (QED) is 0.0970. The molecule has 0 N–H and O–H groups in total. The third kappa shape index (κ3) is 4.81. The highest BCUT2D eigenvalue weighted by atomic mass is 19.4. The molecule has 0 saturated heterocycles. The van der Waals surface area contributed by atoms with E-state index in [0.717, 1.165) is 110 Å². The zero-order valence-corrected chi connectivity index (χ0v) is 35.3. The van der Waals surface area contributed by atoms with Crippen molar-refractivity contribution >= 4 is 113 Å². The van der Waals surface area contributed by atoms with E-state index in [9.17, 15) is 0 Å². The van der Waals surface area contributed by atoms with Gasteiger partial charge in [0.15, 0.2) is 0 Å². The van der Waals surface area contributed by atoms with Crippen molar-refractivity contribution in [2.24, 2.45) is 0 Å². The van der Waals surface area contributed by atoms with Crippen molar-refractivity contribution in [1.82, 2.24) is 0 Å². The lowest BCUT2D eigenvalue weighted by Gasteiger charge is -2.42. The molecule has 10 aromatic carbocycles. The molecule has 0 unspecified atom stereocenters. The van der Waals surface area contributed by atoms with Crippen LogP contribution in [-0.4, -0.2) is 13.4 Å². The molecule has 0 bridgehead atoms. The molecule has 0 aromatic heterocycles. The highest BCUT2D eigenvalue weighted by Gasteiger charge is 2.47. The third-order valence-electron chi connectivity index (χ3n) is 14.8. The predicted octanol–water partition coefficient (Wildman–Crippen LogP) is 11.8. The molecule has 0 fully saturated rings. The molecule has 0 amide bonds. The van der Waals surface area contributed by atoms with Crippen LogP contribution in [0.1, 0.15) is 22.3 Å². The molecule has 0 atom stereocenters. The summed E-state index contributed by atoms with van der Waals surface area (Å²) < 4.78 is 91.5. The highest BCUT2D eigenvalue weighted by molar-refractivity contribution is 7.02. The summed E-state index contributed by atoms with van der Waals surface area (Å²) in [6.07, 6.45) is -9.27. The van der Waals surface area contributed by atoms with Crippen LogP contribution in [0.25, 0.3) is 54.6 Å². The second-order valence-electron chi connectivity index (χ2n) is 18.2. The van der Waals surface area contributed by atoms with E-state index in [-0.39, 0.29) is 0 Å². The Hall–Kier alpha value is -7.45. The molecule has 4 aliphatic rings. The largest absolute Gasteiger partial charge is 0.416 e. The molecule has 0 aliphatic carbocycles. The summed E-state index contributed by atoms with van der Waals surface area (Å²) in [7, 11) is 0. The van der Waals surface area contributed by atoms with E-state index in [1.807, 2.05) is 121 Å². The summed E-state index contributed by atoms with van der Waals surface area (Å²) in [6, 6.07) is 49.0. The summed E-state index contributed by atoms with van der Waals surface area (Å²) in [5.74, 6) is 0. The van der Waals surface area contributed by atoms with Crippen LogP contribution in [0.5, 0.6) is 0 Å². The van der Waals surface area contributed by atoms with Crippen LogP contribution in [0.3, 0.4) is 0 Å². The van der Waals surface area contributed by atoms with E-state index in [4.69, 9.17) is 0 Å². The molecule has 0 saturated carbocycles. The molecule has 10 aromatic rings. The van der Waals surface area contributed by atoms with E-state index < -0.39 is 36.9 Å². The first-order valence-electron chi connectivity index (χ1n) is 22.1. The standard InChI is InChI=1S/C56H32B2F6N2/c1-29-21-37-39-23-31(55(59,60)61)25-47-53(39)58(42-18-10-12-20-46(42)65(47)33-13-5-3-6-14-33)44-28-36-30(2)22-38-40-24-32(56(62,63)64)26-48-54(40)57(43-27-35(29)51(49(37)44)52(36)50(38)43)41-17-9-11-19-45(41)66(48)34-15-7-4-8-16-34/h3-28H,1-2H3. The molecule has 2 nitrogen and oxygen atoms in total. The number of fused-ring (bicyclic) bond motifs is 8. The zero-order valence-electron chi connectivity index (χ0n) is 35.3. The van der Waals surface area contributed by atoms with Crippen LogP contribution < -0.4 is 42.6 Å². The summed E-state index contributed by atoms with van der Waals surface area (Å²) in [5, 5.41) is 5.58. The maximum absolute atomic E-state index is 15.2. The number of nitrogens with zero attached hydrogens (tertiary/aromatic N) is 2. The van der Waals surface area contributed by atoms with Gasteiger partial charge in [-0.05, 0) is 162 Å². The van der Waals surface area contributed by atoms with Gasteiger partial charge in [0.2, 0.25) is 13.4 Å². The van der Waals surface area contributed by atoms with Crippen LogP contribution >= 0.6 is 0 Å². The molecular weight excluding hydrogens is 836 g/mol. The first kappa shape index (κ1) is 37.9. The van der Waals surface area contributed by atoms with Crippen LogP contribution in [0, 0.1) is 13.8 Å². The molecule has 0 radical (unpaired) electrons. The highest BCUT2D eigenvalue weighted by Crippen LogP contribution is 2.51. The molecular formula is C56H32B2F6N2. The van der Waals surface area contributed by atoms with Gasteiger partial charge in [0.05, 0.1) is 11.1 Å². The Morgan fingerprint density at radius 1 is 0.364 bits per heavy atom. The Kier molecular flexibility index (Phi) is 7.27. The van der Waals surface area contributed by atoms with Crippen molar-refractivity contribution in [2.45, 2.75) is 26.2 Å². The average Bonchev–Trinajstić information content (AvgIpc) is 3.31. The fraction of sp³-hybridized carbons (Fsp3) is 0.0714. The van der Waals surface area contributed by atoms with Gasteiger partial charge in [-0.2, -0.15) is 26.3 Å². The van der Waals surface area contributed by atoms with E-state index in [0.29, 0.717) is 22.5 Å². The van der Waals surface area contributed by atoms with Crippen molar-refractivity contribution in [2.75, 3.05) is 9.80 Å². The smallest absolute Gasteiger partial charge is 0.311 e. The van der Waals surface area contributed by atoms with Crippen molar-refractivity contribution in [3.63, 3.8) is 0 Å². The number of halogens is 6. The predicted molar refractivity (Wildman–Crippen MR) is 259 cm³/mol. The fourth-order valence-corrected chi connectivity index (χ4v) is 12.3. The minimum absolute atomic E-state index is 0.409. The van der Waals surface area contributed by atoms with Crippen LogP contribution in [0.4, 0.5) is 60.5 Å². The van der Waals surface area contributed by atoms with Crippen molar-refractivity contribution < 1.29 is 26.3 Å². The normalized spacial score (nSPS) is 14.2. The number of alkyl halides is 6. The summed E-state index contributed by atoms with van der Waals surface area (Å²) in [5.41, 5.74) is 12.6. The minimum Gasteiger partial charge on any atom is -0.311 e. The topological polar surface area (TPSA) is 6.48 Å². The maximum Gasteiger partial charge on any atom is 0.416 e. The Labute approximate surface area is 375 Å². The number of rotatable bonds is 2.